The first-order valence-corrected chi connectivity index (χ1v) is 12.1. The zero-order valence-electron chi connectivity index (χ0n) is 19.6. The fourth-order valence-corrected chi connectivity index (χ4v) is 5.62. The number of halogens is 4. The molecule has 2 N–H and O–H groups in total. The lowest BCUT2D eigenvalue weighted by molar-refractivity contribution is -0.232. The van der Waals surface area contributed by atoms with E-state index in [-0.39, 0.29) is 60.5 Å². The van der Waals surface area contributed by atoms with Gasteiger partial charge in [0.2, 0.25) is 5.91 Å². The first-order chi connectivity index (χ1) is 17.1. The summed E-state index contributed by atoms with van der Waals surface area (Å²) in [6.45, 7) is 1.57. The molecule has 5 atom stereocenters. The Morgan fingerprint density at radius 1 is 1.14 bits per heavy atom. The third-order valence-corrected chi connectivity index (χ3v) is 7.40. The van der Waals surface area contributed by atoms with Crippen LogP contribution in [0.5, 0.6) is 0 Å². The minimum atomic E-state index is -4.39. The van der Waals surface area contributed by atoms with Crippen molar-refractivity contribution in [2.75, 3.05) is 6.61 Å². The van der Waals surface area contributed by atoms with Crippen LogP contribution < -0.4 is 5.32 Å². The van der Waals surface area contributed by atoms with Crippen LogP contribution in [0.1, 0.15) is 54.7 Å². The van der Waals surface area contributed by atoms with Crippen LogP contribution in [0.4, 0.5) is 17.6 Å². The Balaban J connectivity index is 1.20. The minimum Gasteiger partial charge on any atom is -0.367 e. The Kier molecular flexibility index (Phi) is 6.48. The molecule has 3 fully saturated rings. The van der Waals surface area contributed by atoms with Gasteiger partial charge in [-0.1, -0.05) is 0 Å². The van der Waals surface area contributed by atoms with E-state index in [0.717, 1.165) is 19.0 Å². The van der Waals surface area contributed by atoms with Crippen LogP contribution in [0, 0.1) is 18.7 Å². The molecule has 3 aliphatic heterocycles. The Labute approximate surface area is 204 Å². The highest BCUT2D eigenvalue weighted by Gasteiger charge is 2.47. The summed E-state index contributed by atoms with van der Waals surface area (Å²) in [5.74, 6) is -1.32. The zero-order valence-corrected chi connectivity index (χ0v) is 19.6. The van der Waals surface area contributed by atoms with Gasteiger partial charge in [-0.2, -0.15) is 18.3 Å². The van der Waals surface area contributed by atoms with Crippen molar-refractivity contribution in [2.45, 2.75) is 75.9 Å². The SMILES string of the molecule is Cc1cc(-c2cc(C(=O)N3[C@@H]4CC[C@H]3C[C@H](C(=O)N[C@H]3CC[C@@H](C(F)(F)F)OC3)C4)n[nH]2)c(F)cn1. The van der Waals surface area contributed by atoms with Gasteiger partial charge in [-0.05, 0) is 57.6 Å². The van der Waals surface area contributed by atoms with E-state index in [1.54, 1.807) is 17.9 Å². The summed E-state index contributed by atoms with van der Waals surface area (Å²) >= 11 is 0. The predicted molar refractivity (Wildman–Crippen MR) is 119 cm³/mol. The fourth-order valence-electron chi connectivity index (χ4n) is 5.62. The second kappa shape index (κ2) is 9.45. The number of alkyl halides is 3. The van der Waals surface area contributed by atoms with E-state index in [2.05, 4.69) is 20.5 Å². The van der Waals surface area contributed by atoms with Crippen LogP contribution in [0.15, 0.2) is 18.3 Å². The number of fused-ring (bicyclic) bond motifs is 2. The molecule has 36 heavy (non-hydrogen) atoms. The summed E-state index contributed by atoms with van der Waals surface area (Å²) in [5, 5.41) is 9.69. The second-order valence-electron chi connectivity index (χ2n) is 9.88. The van der Waals surface area contributed by atoms with Gasteiger partial charge in [0, 0.05) is 29.3 Å². The normalized spacial score (nSPS) is 28.2. The molecule has 0 spiro atoms. The van der Waals surface area contributed by atoms with Crippen molar-refractivity contribution in [1.29, 1.82) is 0 Å². The van der Waals surface area contributed by atoms with Gasteiger partial charge in [-0.3, -0.25) is 19.7 Å². The first kappa shape index (κ1) is 24.7. The quantitative estimate of drug-likeness (QED) is 0.615. The smallest absolute Gasteiger partial charge is 0.367 e. The van der Waals surface area contributed by atoms with Crippen molar-refractivity contribution in [3.63, 3.8) is 0 Å². The molecule has 0 radical (unpaired) electrons. The third-order valence-electron chi connectivity index (χ3n) is 7.40. The molecule has 0 unspecified atom stereocenters. The molecule has 2 amide bonds. The average Bonchev–Trinajstić information content (AvgIpc) is 3.42. The zero-order chi connectivity index (χ0) is 25.6. The number of amides is 2. The summed E-state index contributed by atoms with van der Waals surface area (Å²) in [5.41, 5.74) is 1.47. The second-order valence-corrected chi connectivity index (χ2v) is 9.88. The molecule has 5 rings (SSSR count). The van der Waals surface area contributed by atoms with E-state index >= 15 is 0 Å². The van der Waals surface area contributed by atoms with Crippen molar-refractivity contribution >= 4 is 11.8 Å². The van der Waals surface area contributed by atoms with Gasteiger partial charge < -0.3 is 15.0 Å². The molecule has 2 aromatic rings. The Hall–Kier alpha value is -3.02. The van der Waals surface area contributed by atoms with Gasteiger partial charge in [-0.25, -0.2) is 4.39 Å². The number of nitrogens with one attached hydrogen (secondary N) is 2. The van der Waals surface area contributed by atoms with Crippen LogP contribution in [0.3, 0.4) is 0 Å². The molecule has 194 valence electrons. The van der Waals surface area contributed by atoms with E-state index in [1.807, 2.05) is 0 Å². The molecular formula is C24H27F4N5O3. The van der Waals surface area contributed by atoms with Crippen LogP contribution in [0.2, 0.25) is 0 Å². The maximum Gasteiger partial charge on any atom is 0.414 e. The van der Waals surface area contributed by atoms with Gasteiger partial charge in [0.25, 0.3) is 5.91 Å². The Morgan fingerprint density at radius 2 is 1.86 bits per heavy atom. The van der Waals surface area contributed by atoms with Gasteiger partial charge in [0.05, 0.1) is 24.5 Å². The van der Waals surface area contributed by atoms with Crippen molar-refractivity contribution in [1.82, 2.24) is 25.4 Å². The monoisotopic (exact) mass is 509 g/mol. The van der Waals surface area contributed by atoms with E-state index in [4.69, 9.17) is 4.74 Å². The van der Waals surface area contributed by atoms with Gasteiger partial charge in [0.15, 0.2) is 17.6 Å². The summed E-state index contributed by atoms with van der Waals surface area (Å²) in [6.07, 6.45) is -2.56. The lowest BCUT2D eigenvalue weighted by atomic mass is 9.89. The number of aryl methyl sites for hydroxylation is 1. The molecule has 2 bridgehead atoms. The molecule has 8 nitrogen and oxygen atoms in total. The van der Waals surface area contributed by atoms with Crippen LogP contribution in [-0.2, 0) is 9.53 Å². The van der Waals surface area contributed by atoms with Crippen LogP contribution in [-0.4, -0.2) is 68.9 Å². The largest absolute Gasteiger partial charge is 0.414 e. The van der Waals surface area contributed by atoms with Crippen molar-refractivity contribution < 1.29 is 31.9 Å². The number of hydrogen-bond donors (Lipinski definition) is 2. The molecule has 5 heterocycles. The number of pyridine rings is 1. The number of H-pyrrole nitrogens is 1. The van der Waals surface area contributed by atoms with E-state index in [0.29, 0.717) is 24.2 Å². The summed E-state index contributed by atoms with van der Waals surface area (Å²) in [7, 11) is 0. The van der Waals surface area contributed by atoms with Gasteiger partial charge in [0.1, 0.15) is 0 Å². The third kappa shape index (κ3) is 4.82. The van der Waals surface area contributed by atoms with Gasteiger partial charge in [-0.15, -0.1) is 0 Å². The molecule has 2 aromatic heterocycles. The average molecular weight is 510 g/mol. The number of hydrogen-bond acceptors (Lipinski definition) is 5. The molecule has 3 aliphatic rings. The van der Waals surface area contributed by atoms with Crippen molar-refractivity contribution in [2.24, 2.45) is 5.92 Å². The topological polar surface area (TPSA) is 100 Å². The highest BCUT2D eigenvalue weighted by Crippen LogP contribution is 2.40. The fraction of sp³-hybridized carbons (Fsp3) is 0.583. The van der Waals surface area contributed by atoms with Gasteiger partial charge >= 0.3 is 6.18 Å². The number of ether oxygens (including phenoxy) is 1. The van der Waals surface area contributed by atoms with Crippen LogP contribution in [0.25, 0.3) is 11.3 Å². The Morgan fingerprint density at radius 3 is 2.50 bits per heavy atom. The Bertz CT molecular complexity index is 1130. The number of nitrogens with zero attached hydrogens (tertiary/aromatic N) is 3. The lowest BCUT2D eigenvalue weighted by Gasteiger charge is -2.39. The maximum absolute atomic E-state index is 14.2. The van der Waals surface area contributed by atoms with Crippen LogP contribution >= 0.6 is 0 Å². The highest BCUT2D eigenvalue weighted by molar-refractivity contribution is 5.94. The maximum atomic E-state index is 14.2. The molecule has 0 saturated carbocycles. The predicted octanol–water partition coefficient (Wildman–Crippen LogP) is 3.53. The summed E-state index contributed by atoms with van der Waals surface area (Å²) in [6, 6.07) is 2.38. The summed E-state index contributed by atoms with van der Waals surface area (Å²) < 4.78 is 57.5. The van der Waals surface area contributed by atoms with Crippen molar-refractivity contribution in [3.8, 4) is 11.3 Å². The standard InChI is InChI=1S/C24H27F4N5O3/c1-12-6-17(18(25)10-29-12)19-9-20(32-31-19)23(35)33-15-3-4-16(33)8-13(7-15)22(34)30-14-2-5-21(36-11-14)24(26,27)28/h6,9-10,13-16,21H,2-5,7-8,11H2,1H3,(H,30,34)(H,31,32)/t13-,14-,15-,16+,21-/m0/s1. The number of aromatic nitrogens is 3. The number of piperidine rings is 1. The molecular weight excluding hydrogens is 482 g/mol. The van der Waals surface area contributed by atoms with E-state index in [1.165, 1.54) is 6.07 Å². The molecule has 0 aromatic carbocycles. The highest BCUT2D eigenvalue weighted by atomic mass is 19.4. The van der Waals surface area contributed by atoms with E-state index < -0.39 is 24.1 Å². The minimum absolute atomic E-state index is 0.135. The lowest BCUT2D eigenvalue weighted by Crippen LogP contribution is -2.52. The molecule has 0 aliphatic carbocycles. The molecule has 12 heteroatoms. The summed E-state index contributed by atoms with van der Waals surface area (Å²) in [4.78, 5) is 31.9. The van der Waals surface area contributed by atoms with E-state index in [9.17, 15) is 27.2 Å². The molecule has 3 saturated heterocycles. The number of carbonyl (C=O) groups is 2. The van der Waals surface area contributed by atoms with Crippen molar-refractivity contribution in [3.05, 3.63) is 35.5 Å². The number of aromatic amines is 1. The number of rotatable bonds is 4. The number of carbonyl (C=O) groups excluding carboxylic acids is 2. The first-order valence-electron chi connectivity index (χ1n) is 12.1.